The van der Waals surface area contributed by atoms with Crippen molar-refractivity contribution in [1.29, 1.82) is 0 Å². The molecule has 1 aromatic carbocycles. The molecule has 3 heteroatoms. The van der Waals surface area contributed by atoms with Crippen LogP contribution < -0.4 is 4.74 Å². The number of ether oxygens (including phenoxy) is 1. The first-order chi connectivity index (χ1) is 7.85. The van der Waals surface area contributed by atoms with E-state index in [1.54, 1.807) is 7.11 Å². The molecule has 0 unspecified atom stereocenters. The van der Waals surface area contributed by atoms with Crippen molar-refractivity contribution in [2.45, 2.75) is 19.3 Å². The summed E-state index contributed by atoms with van der Waals surface area (Å²) in [6, 6.07) is 7.84. The van der Waals surface area contributed by atoms with Crippen LogP contribution >= 0.6 is 0 Å². The third-order valence-corrected chi connectivity index (χ3v) is 2.82. The van der Waals surface area contributed by atoms with Crippen LogP contribution in [0, 0.1) is 0 Å². The molecule has 16 heavy (non-hydrogen) atoms. The zero-order valence-electron chi connectivity index (χ0n) is 9.31. The number of benzene rings is 1. The van der Waals surface area contributed by atoms with Crippen molar-refractivity contribution >= 4 is 11.8 Å². The van der Waals surface area contributed by atoms with E-state index < -0.39 is 0 Å². The minimum absolute atomic E-state index is 0.797. The van der Waals surface area contributed by atoms with E-state index in [9.17, 15) is 0 Å². The molecule has 1 aliphatic carbocycles. The molecule has 0 aliphatic heterocycles. The molecule has 84 valence electrons. The van der Waals surface area contributed by atoms with Crippen LogP contribution in [0.15, 0.2) is 35.0 Å². The van der Waals surface area contributed by atoms with Gasteiger partial charge in [0.2, 0.25) is 0 Å². The Morgan fingerprint density at radius 1 is 1.31 bits per heavy atom. The lowest BCUT2D eigenvalue weighted by molar-refractivity contribution is 0.318. The fourth-order valence-electron chi connectivity index (χ4n) is 1.99. The lowest BCUT2D eigenvalue weighted by Gasteiger charge is -2.05. The van der Waals surface area contributed by atoms with Crippen LogP contribution in [-0.4, -0.2) is 18.0 Å². The van der Waals surface area contributed by atoms with Crippen LogP contribution in [-0.2, 0) is 0 Å². The molecule has 1 aliphatic rings. The number of methoxy groups -OCH3 is 1. The molecule has 0 bridgehead atoms. The summed E-state index contributed by atoms with van der Waals surface area (Å²) >= 11 is 0. The van der Waals surface area contributed by atoms with E-state index >= 15 is 0 Å². The van der Waals surface area contributed by atoms with Crippen molar-refractivity contribution in [3.63, 3.8) is 0 Å². The van der Waals surface area contributed by atoms with E-state index in [1.165, 1.54) is 0 Å². The Morgan fingerprint density at radius 2 is 2.12 bits per heavy atom. The van der Waals surface area contributed by atoms with Gasteiger partial charge in [0, 0.05) is 5.56 Å². The number of hydrogen-bond acceptors (Lipinski definition) is 3. The van der Waals surface area contributed by atoms with Crippen LogP contribution in [0.5, 0.6) is 5.75 Å². The highest BCUT2D eigenvalue weighted by Crippen LogP contribution is 2.27. The van der Waals surface area contributed by atoms with Crippen molar-refractivity contribution in [1.82, 2.24) is 0 Å². The van der Waals surface area contributed by atoms with E-state index in [2.05, 4.69) is 5.16 Å². The first kappa shape index (κ1) is 10.7. The second-order valence-electron chi connectivity index (χ2n) is 3.81. The zero-order chi connectivity index (χ0) is 11.4. The zero-order valence-corrected chi connectivity index (χ0v) is 9.31. The maximum absolute atomic E-state index is 8.86. The van der Waals surface area contributed by atoms with Gasteiger partial charge >= 0.3 is 0 Å². The van der Waals surface area contributed by atoms with Gasteiger partial charge in [-0.05, 0) is 37.0 Å². The van der Waals surface area contributed by atoms with Gasteiger partial charge in [0.25, 0.3) is 0 Å². The third kappa shape index (κ3) is 2.08. The van der Waals surface area contributed by atoms with Gasteiger partial charge in [-0.3, -0.25) is 0 Å². The number of nitrogens with zero attached hydrogens (tertiary/aromatic N) is 1. The van der Waals surface area contributed by atoms with Gasteiger partial charge in [0.1, 0.15) is 5.75 Å². The largest absolute Gasteiger partial charge is 0.496 e. The summed E-state index contributed by atoms with van der Waals surface area (Å²) in [7, 11) is 1.66. The Kier molecular flexibility index (Phi) is 3.25. The Labute approximate surface area is 95.0 Å². The number of hydrogen-bond donors (Lipinski definition) is 1. The SMILES string of the molecule is COc1ccccc1/C=C1\CCC\C1=N/O. The van der Waals surface area contributed by atoms with Crippen LogP contribution in [0.4, 0.5) is 0 Å². The van der Waals surface area contributed by atoms with E-state index in [-0.39, 0.29) is 0 Å². The Hall–Kier alpha value is -1.77. The molecule has 0 radical (unpaired) electrons. The van der Waals surface area contributed by atoms with E-state index in [4.69, 9.17) is 9.94 Å². The number of para-hydroxylation sites is 1. The standard InChI is InChI=1S/C13H15NO2/c1-16-13-8-3-2-5-11(13)9-10-6-4-7-12(10)14-15/h2-3,5,8-9,15H,4,6-7H2,1H3/b10-9+,14-12+. The number of rotatable bonds is 2. The first-order valence-electron chi connectivity index (χ1n) is 5.40. The normalized spacial score (nSPS) is 20.6. The van der Waals surface area contributed by atoms with Crippen molar-refractivity contribution in [3.05, 3.63) is 35.4 Å². The van der Waals surface area contributed by atoms with Gasteiger partial charge in [0.15, 0.2) is 0 Å². The van der Waals surface area contributed by atoms with Crippen LogP contribution in [0.2, 0.25) is 0 Å². The molecule has 0 amide bonds. The van der Waals surface area contributed by atoms with Gasteiger partial charge in [-0.2, -0.15) is 0 Å². The van der Waals surface area contributed by atoms with Crippen LogP contribution in [0.25, 0.3) is 6.08 Å². The average Bonchev–Trinajstić information content (AvgIpc) is 2.77. The molecule has 1 N–H and O–H groups in total. The highest BCUT2D eigenvalue weighted by molar-refractivity contribution is 6.05. The van der Waals surface area contributed by atoms with Gasteiger partial charge in [-0.15, -0.1) is 0 Å². The molecule has 3 nitrogen and oxygen atoms in total. The Bertz CT molecular complexity index is 435. The van der Waals surface area contributed by atoms with Gasteiger partial charge in [-0.25, -0.2) is 0 Å². The molecule has 1 aromatic rings. The fourth-order valence-corrected chi connectivity index (χ4v) is 1.99. The molecule has 1 fully saturated rings. The molecule has 0 aromatic heterocycles. The fraction of sp³-hybridized carbons (Fsp3) is 0.308. The summed E-state index contributed by atoms with van der Waals surface area (Å²) in [5.74, 6) is 0.846. The van der Waals surface area contributed by atoms with E-state index in [0.717, 1.165) is 41.9 Å². The topological polar surface area (TPSA) is 41.8 Å². The number of allylic oxidation sites excluding steroid dienone is 1. The molecular weight excluding hydrogens is 202 g/mol. The predicted octanol–water partition coefficient (Wildman–Crippen LogP) is 3.09. The molecule has 0 heterocycles. The molecular formula is C13H15NO2. The lowest BCUT2D eigenvalue weighted by atomic mass is 10.1. The number of oxime groups is 1. The second kappa shape index (κ2) is 4.84. The quantitative estimate of drug-likeness (QED) is 0.611. The van der Waals surface area contributed by atoms with Gasteiger partial charge < -0.3 is 9.94 Å². The lowest BCUT2D eigenvalue weighted by Crippen LogP contribution is -1.94. The monoisotopic (exact) mass is 217 g/mol. The van der Waals surface area contributed by atoms with Crippen molar-refractivity contribution in [2.75, 3.05) is 7.11 Å². The maximum atomic E-state index is 8.86. The van der Waals surface area contributed by atoms with Crippen molar-refractivity contribution in [2.24, 2.45) is 5.16 Å². The van der Waals surface area contributed by atoms with Gasteiger partial charge in [0.05, 0.1) is 12.8 Å². The minimum atomic E-state index is 0.797. The minimum Gasteiger partial charge on any atom is -0.496 e. The summed E-state index contributed by atoms with van der Waals surface area (Å²) < 4.78 is 5.28. The third-order valence-electron chi connectivity index (χ3n) is 2.82. The summed E-state index contributed by atoms with van der Waals surface area (Å²) in [5.41, 5.74) is 2.93. The highest BCUT2D eigenvalue weighted by atomic mass is 16.5. The summed E-state index contributed by atoms with van der Waals surface area (Å²) in [5, 5.41) is 12.2. The van der Waals surface area contributed by atoms with Gasteiger partial charge in [-0.1, -0.05) is 23.4 Å². The average molecular weight is 217 g/mol. The summed E-state index contributed by atoms with van der Waals surface area (Å²) in [4.78, 5) is 0. The predicted molar refractivity (Wildman–Crippen MR) is 64.0 cm³/mol. The van der Waals surface area contributed by atoms with E-state index in [0.29, 0.717) is 0 Å². The smallest absolute Gasteiger partial charge is 0.126 e. The molecule has 0 saturated heterocycles. The summed E-state index contributed by atoms with van der Waals surface area (Å²) in [6.07, 6.45) is 4.93. The van der Waals surface area contributed by atoms with Crippen molar-refractivity contribution < 1.29 is 9.94 Å². The summed E-state index contributed by atoms with van der Waals surface area (Å²) in [6.45, 7) is 0. The first-order valence-corrected chi connectivity index (χ1v) is 5.40. The Morgan fingerprint density at radius 3 is 2.88 bits per heavy atom. The molecule has 0 atom stereocenters. The molecule has 0 spiro atoms. The van der Waals surface area contributed by atoms with Crippen molar-refractivity contribution in [3.8, 4) is 5.75 Å². The highest BCUT2D eigenvalue weighted by Gasteiger charge is 2.16. The van der Waals surface area contributed by atoms with E-state index in [1.807, 2.05) is 30.3 Å². The molecule has 2 rings (SSSR count). The Balaban J connectivity index is 2.35. The van der Waals surface area contributed by atoms with Crippen LogP contribution in [0.3, 0.4) is 0 Å². The maximum Gasteiger partial charge on any atom is 0.126 e. The van der Waals surface area contributed by atoms with Crippen LogP contribution in [0.1, 0.15) is 24.8 Å². The molecule has 1 saturated carbocycles. The second-order valence-corrected chi connectivity index (χ2v) is 3.81.